The fourth-order valence-corrected chi connectivity index (χ4v) is 6.27. The number of carboxylic acid groups (broad SMARTS) is 1. The van der Waals surface area contributed by atoms with Crippen LogP contribution in [0.3, 0.4) is 0 Å². The Kier molecular flexibility index (Phi) is 7.75. The zero-order valence-corrected chi connectivity index (χ0v) is 22.4. The third-order valence-electron chi connectivity index (χ3n) is 8.56. The first-order valence-corrected chi connectivity index (χ1v) is 13.8. The smallest absolute Gasteiger partial charge is 0.303 e. The van der Waals surface area contributed by atoms with Gasteiger partial charge in [0.2, 0.25) is 0 Å². The Morgan fingerprint density at radius 2 is 1.79 bits per heavy atom. The highest BCUT2D eigenvalue weighted by Gasteiger charge is 2.37. The summed E-state index contributed by atoms with van der Waals surface area (Å²) >= 11 is 0. The van der Waals surface area contributed by atoms with Crippen molar-refractivity contribution in [2.45, 2.75) is 77.2 Å². The Bertz CT molecular complexity index is 1350. The zero-order chi connectivity index (χ0) is 27.7. The van der Waals surface area contributed by atoms with E-state index < -0.39 is 18.2 Å². The second-order valence-electron chi connectivity index (χ2n) is 11.8. The minimum atomic E-state index is -2.67. The molecule has 3 nitrogen and oxygen atoms in total. The highest BCUT2D eigenvalue weighted by atomic mass is 19.3. The third-order valence-corrected chi connectivity index (χ3v) is 8.56. The van der Waals surface area contributed by atoms with Gasteiger partial charge in [-0.3, -0.25) is 4.79 Å². The topological polar surface area (TPSA) is 46.5 Å². The average Bonchev–Trinajstić information content (AvgIpc) is 3.68. The number of alkyl halides is 2. The van der Waals surface area contributed by atoms with E-state index in [1.807, 2.05) is 42.5 Å². The van der Waals surface area contributed by atoms with E-state index in [0.29, 0.717) is 17.2 Å². The molecule has 1 unspecified atom stereocenters. The van der Waals surface area contributed by atoms with Crippen molar-refractivity contribution in [1.29, 1.82) is 0 Å². The lowest BCUT2D eigenvalue weighted by atomic mass is 9.75. The first-order valence-electron chi connectivity index (χ1n) is 13.8. The average molecular weight is 537 g/mol. The Labute approximate surface area is 228 Å². The Morgan fingerprint density at radius 1 is 1.00 bits per heavy atom. The van der Waals surface area contributed by atoms with E-state index in [1.54, 1.807) is 0 Å². The van der Waals surface area contributed by atoms with Crippen molar-refractivity contribution >= 4 is 5.97 Å². The molecule has 206 valence electrons. The predicted octanol–water partition coefficient (Wildman–Crippen LogP) is 9.27. The standard InChI is InChI=1S/C33H35F3O3/c1-33(2)14-4-7-29(33)27-15-20(8-12-25(27)28-17-23(32(35)36)11-13-30(28)34)19-39-24-6-3-5-22(16-24)26(18-31(37)38)21-9-10-21/h3,5-6,8,11-13,15-17,21,26,29,32H,4,7,9-10,14,18-19H2,1-2H3,(H,37,38)/t26?,29-/m0/s1. The number of hydrogen-bond donors (Lipinski definition) is 1. The predicted molar refractivity (Wildman–Crippen MR) is 146 cm³/mol. The molecule has 0 amide bonds. The van der Waals surface area contributed by atoms with Crippen molar-refractivity contribution in [1.82, 2.24) is 0 Å². The van der Waals surface area contributed by atoms with Crippen LogP contribution >= 0.6 is 0 Å². The number of aliphatic carboxylic acids is 1. The molecule has 0 saturated heterocycles. The van der Waals surface area contributed by atoms with Crippen molar-refractivity contribution in [2.75, 3.05) is 0 Å². The molecule has 1 N–H and O–H groups in total. The van der Waals surface area contributed by atoms with E-state index in [2.05, 4.69) is 13.8 Å². The summed E-state index contributed by atoms with van der Waals surface area (Å²) in [4.78, 5) is 11.4. The van der Waals surface area contributed by atoms with Gasteiger partial charge in [0.15, 0.2) is 0 Å². The summed E-state index contributed by atoms with van der Waals surface area (Å²) in [6.07, 6.45) is 2.60. The molecule has 3 aromatic carbocycles. The molecule has 2 aliphatic carbocycles. The van der Waals surface area contributed by atoms with E-state index in [1.165, 1.54) is 6.07 Å². The molecule has 0 radical (unpaired) electrons. The molecule has 2 saturated carbocycles. The SMILES string of the molecule is CC1(C)CCC[C@H]1c1cc(COc2cccc(C(CC(=O)O)C3CC3)c2)ccc1-c1cc(C(F)F)ccc1F. The van der Waals surface area contributed by atoms with Crippen molar-refractivity contribution in [3.63, 3.8) is 0 Å². The summed E-state index contributed by atoms with van der Waals surface area (Å²) in [5, 5.41) is 9.37. The minimum Gasteiger partial charge on any atom is -0.489 e. The second kappa shape index (κ2) is 11.1. The number of hydrogen-bond acceptors (Lipinski definition) is 2. The first-order chi connectivity index (χ1) is 18.6. The summed E-state index contributed by atoms with van der Waals surface area (Å²) < 4.78 is 48.1. The maximum Gasteiger partial charge on any atom is 0.303 e. The van der Waals surface area contributed by atoms with Crippen LogP contribution in [0.2, 0.25) is 0 Å². The van der Waals surface area contributed by atoms with Gasteiger partial charge >= 0.3 is 5.97 Å². The lowest BCUT2D eigenvalue weighted by Gasteiger charge is -2.30. The summed E-state index contributed by atoms with van der Waals surface area (Å²) in [6.45, 7) is 4.71. The van der Waals surface area contributed by atoms with E-state index in [9.17, 15) is 23.1 Å². The van der Waals surface area contributed by atoms with Crippen LogP contribution in [0.1, 0.15) is 92.9 Å². The lowest BCUT2D eigenvalue weighted by Crippen LogP contribution is -2.17. The fourth-order valence-electron chi connectivity index (χ4n) is 6.27. The van der Waals surface area contributed by atoms with Gasteiger partial charge in [0.25, 0.3) is 6.43 Å². The molecule has 3 aromatic rings. The molecule has 0 spiro atoms. The van der Waals surface area contributed by atoms with Gasteiger partial charge in [-0.05, 0) is 95.4 Å². The van der Waals surface area contributed by atoms with E-state index in [4.69, 9.17) is 4.74 Å². The normalized spacial score (nSPS) is 19.3. The van der Waals surface area contributed by atoms with Gasteiger partial charge in [0.1, 0.15) is 18.2 Å². The molecular weight excluding hydrogens is 501 g/mol. The van der Waals surface area contributed by atoms with Crippen molar-refractivity contribution < 1.29 is 27.8 Å². The zero-order valence-electron chi connectivity index (χ0n) is 22.4. The molecule has 2 aliphatic rings. The van der Waals surface area contributed by atoms with Crippen LogP contribution in [0, 0.1) is 17.2 Å². The van der Waals surface area contributed by atoms with Crippen LogP contribution in [0.15, 0.2) is 60.7 Å². The van der Waals surface area contributed by atoms with Gasteiger partial charge in [0, 0.05) is 11.1 Å². The Balaban J connectivity index is 1.44. The molecule has 2 fully saturated rings. The van der Waals surface area contributed by atoms with E-state index in [0.717, 1.165) is 60.9 Å². The molecular formula is C33H35F3O3. The van der Waals surface area contributed by atoms with E-state index in [-0.39, 0.29) is 41.4 Å². The van der Waals surface area contributed by atoms with Gasteiger partial charge in [-0.2, -0.15) is 0 Å². The maximum atomic E-state index is 15.0. The molecule has 39 heavy (non-hydrogen) atoms. The number of carboxylic acids is 1. The number of ether oxygens (including phenoxy) is 1. The summed E-state index contributed by atoms with van der Waals surface area (Å²) in [6, 6.07) is 17.0. The molecule has 5 rings (SSSR count). The van der Waals surface area contributed by atoms with Crippen LogP contribution in [-0.2, 0) is 11.4 Å². The summed E-state index contributed by atoms with van der Waals surface area (Å²) in [5.74, 6) is -0.0718. The van der Waals surface area contributed by atoms with Crippen LogP contribution in [0.5, 0.6) is 5.75 Å². The third kappa shape index (κ3) is 6.15. The second-order valence-corrected chi connectivity index (χ2v) is 11.8. The van der Waals surface area contributed by atoms with Gasteiger partial charge in [-0.25, -0.2) is 13.2 Å². The lowest BCUT2D eigenvalue weighted by molar-refractivity contribution is -0.137. The van der Waals surface area contributed by atoms with Crippen molar-refractivity contribution in [3.8, 4) is 16.9 Å². The van der Waals surface area contributed by atoms with E-state index >= 15 is 0 Å². The molecule has 0 bridgehead atoms. The maximum absolute atomic E-state index is 15.0. The Hall–Kier alpha value is -3.28. The molecule has 0 aromatic heterocycles. The molecule has 6 heteroatoms. The van der Waals surface area contributed by atoms with Crippen LogP contribution in [0.4, 0.5) is 13.2 Å². The summed E-state index contributed by atoms with van der Waals surface area (Å²) in [7, 11) is 0. The van der Waals surface area contributed by atoms with Crippen LogP contribution in [0.25, 0.3) is 11.1 Å². The molecule has 0 heterocycles. The van der Waals surface area contributed by atoms with Crippen molar-refractivity contribution in [2.24, 2.45) is 11.3 Å². The Morgan fingerprint density at radius 3 is 2.46 bits per heavy atom. The van der Waals surface area contributed by atoms with Gasteiger partial charge < -0.3 is 9.84 Å². The van der Waals surface area contributed by atoms with Gasteiger partial charge in [-0.15, -0.1) is 0 Å². The van der Waals surface area contributed by atoms with Gasteiger partial charge in [0.05, 0.1) is 6.42 Å². The van der Waals surface area contributed by atoms with Gasteiger partial charge in [-0.1, -0.05) is 56.7 Å². The quantitative estimate of drug-likeness (QED) is 0.281. The first kappa shape index (κ1) is 27.3. The number of benzene rings is 3. The number of carbonyl (C=O) groups is 1. The number of halogens is 3. The summed E-state index contributed by atoms with van der Waals surface area (Å²) in [5.41, 5.74) is 3.53. The van der Waals surface area contributed by atoms with Crippen molar-refractivity contribution in [3.05, 3.63) is 88.7 Å². The minimum absolute atomic E-state index is 0.00132. The highest BCUT2D eigenvalue weighted by molar-refractivity contribution is 5.70. The largest absolute Gasteiger partial charge is 0.489 e. The number of rotatable bonds is 10. The molecule has 0 aliphatic heterocycles. The highest BCUT2D eigenvalue weighted by Crippen LogP contribution is 2.51. The fraction of sp³-hybridized carbons (Fsp3) is 0.424. The molecule has 2 atom stereocenters. The monoisotopic (exact) mass is 536 g/mol. The van der Waals surface area contributed by atoms with Crippen LogP contribution < -0.4 is 4.74 Å². The van der Waals surface area contributed by atoms with Crippen LogP contribution in [-0.4, -0.2) is 11.1 Å².